The van der Waals surface area contributed by atoms with E-state index in [-0.39, 0.29) is 24.1 Å². The summed E-state index contributed by atoms with van der Waals surface area (Å²) in [5.41, 5.74) is 1.59. The zero-order chi connectivity index (χ0) is 23.5. The van der Waals surface area contributed by atoms with Crippen LogP contribution in [0.4, 0.5) is 5.13 Å². The highest BCUT2D eigenvalue weighted by molar-refractivity contribution is 8.01. The van der Waals surface area contributed by atoms with E-state index in [9.17, 15) is 14.4 Å². The van der Waals surface area contributed by atoms with Crippen LogP contribution >= 0.6 is 23.1 Å². The highest BCUT2D eigenvalue weighted by atomic mass is 32.2. The number of amides is 1. The second kappa shape index (κ2) is 13.3. The summed E-state index contributed by atoms with van der Waals surface area (Å²) in [4.78, 5) is 35.2. The van der Waals surface area contributed by atoms with Crippen molar-refractivity contribution in [3.05, 3.63) is 35.4 Å². The molecule has 0 bridgehead atoms. The van der Waals surface area contributed by atoms with Crippen molar-refractivity contribution >= 4 is 45.9 Å². The Morgan fingerprint density at radius 2 is 1.88 bits per heavy atom. The number of aryl methyl sites for hydroxylation is 1. The van der Waals surface area contributed by atoms with Crippen molar-refractivity contribution in [2.24, 2.45) is 0 Å². The first kappa shape index (κ1) is 25.2. The number of aromatic nitrogens is 2. The van der Waals surface area contributed by atoms with Crippen LogP contribution in [0.3, 0.4) is 0 Å². The molecular weight excluding hydrogens is 460 g/mol. The number of benzene rings is 1. The van der Waals surface area contributed by atoms with E-state index in [4.69, 9.17) is 4.74 Å². The van der Waals surface area contributed by atoms with Crippen LogP contribution in [0.15, 0.2) is 28.6 Å². The summed E-state index contributed by atoms with van der Waals surface area (Å²) < 4.78 is 5.83. The lowest BCUT2D eigenvalue weighted by Gasteiger charge is -2.21. The molecule has 1 fully saturated rings. The second-order valence-electron chi connectivity index (χ2n) is 8.01. The molecule has 0 atom stereocenters. The van der Waals surface area contributed by atoms with Gasteiger partial charge in [0.2, 0.25) is 11.0 Å². The summed E-state index contributed by atoms with van der Waals surface area (Å²) in [6.07, 6.45) is 7.73. The number of anilines is 1. The first-order chi connectivity index (χ1) is 16.0. The predicted octanol–water partition coefficient (Wildman–Crippen LogP) is 3.87. The van der Waals surface area contributed by atoms with E-state index in [1.54, 1.807) is 12.1 Å². The van der Waals surface area contributed by atoms with Gasteiger partial charge in [0, 0.05) is 25.1 Å². The lowest BCUT2D eigenvalue weighted by Crippen LogP contribution is -2.21. The Morgan fingerprint density at radius 1 is 1.12 bits per heavy atom. The average Bonchev–Trinajstić information content (AvgIpc) is 3.27. The number of ketones is 1. The van der Waals surface area contributed by atoms with Gasteiger partial charge in [0.1, 0.15) is 0 Å². The highest BCUT2D eigenvalue weighted by Gasteiger charge is 2.16. The minimum atomic E-state index is -0.458. The molecule has 8 nitrogen and oxygen atoms in total. The molecule has 1 aromatic carbocycles. The maximum Gasteiger partial charge on any atom is 0.316 e. The summed E-state index contributed by atoms with van der Waals surface area (Å²) in [7, 11) is 0. The van der Waals surface area contributed by atoms with Crippen LogP contribution in [0.2, 0.25) is 0 Å². The Bertz CT molecular complexity index is 927. The molecule has 1 saturated carbocycles. The quantitative estimate of drug-likeness (QED) is 0.200. The third kappa shape index (κ3) is 9.13. The molecule has 10 heteroatoms. The minimum Gasteiger partial charge on any atom is -0.457 e. The predicted molar refractivity (Wildman–Crippen MR) is 130 cm³/mol. The third-order valence-electron chi connectivity index (χ3n) is 5.31. The molecule has 3 rings (SSSR count). The largest absolute Gasteiger partial charge is 0.457 e. The standard InChI is InChI=1S/C23H30N4O4S2/c1-16(28)24-13-5-6-17-9-11-18(12-10-17)20(29)14-31-21(30)15-32-23-27-26-22(33-23)25-19-7-3-2-4-8-19/h9-12,19H,2-8,13-15H2,1H3,(H,24,28)(H,25,26). The Morgan fingerprint density at radius 3 is 2.61 bits per heavy atom. The molecule has 33 heavy (non-hydrogen) atoms. The molecule has 1 aromatic heterocycles. The number of carbonyl (C=O) groups excluding carboxylic acids is 3. The Balaban J connectivity index is 1.34. The molecule has 1 aliphatic carbocycles. The zero-order valence-electron chi connectivity index (χ0n) is 18.8. The molecular formula is C23H30N4O4S2. The maximum absolute atomic E-state index is 12.3. The summed E-state index contributed by atoms with van der Waals surface area (Å²) in [5.74, 6) is -0.657. The van der Waals surface area contributed by atoms with E-state index >= 15 is 0 Å². The number of nitrogens with one attached hydrogen (secondary N) is 2. The van der Waals surface area contributed by atoms with Crippen molar-refractivity contribution in [3.8, 4) is 0 Å². The number of nitrogens with zero attached hydrogens (tertiary/aromatic N) is 2. The van der Waals surface area contributed by atoms with Gasteiger partial charge in [-0.05, 0) is 31.2 Å². The van der Waals surface area contributed by atoms with E-state index in [0.29, 0.717) is 22.5 Å². The van der Waals surface area contributed by atoms with Gasteiger partial charge in [0.25, 0.3) is 0 Å². The third-order valence-corrected chi connectivity index (χ3v) is 7.27. The van der Waals surface area contributed by atoms with Crippen molar-refractivity contribution in [2.75, 3.05) is 24.2 Å². The van der Waals surface area contributed by atoms with Crippen molar-refractivity contribution in [1.29, 1.82) is 0 Å². The topological polar surface area (TPSA) is 110 Å². The number of rotatable bonds is 12. The summed E-state index contributed by atoms with van der Waals surface area (Å²) in [5, 5.41) is 15.2. The van der Waals surface area contributed by atoms with E-state index in [1.807, 2.05) is 12.1 Å². The molecule has 0 radical (unpaired) electrons. The SMILES string of the molecule is CC(=O)NCCCc1ccc(C(=O)COC(=O)CSc2nnc(NC3CCCCC3)s2)cc1. The van der Waals surface area contributed by atoms with Gasteiger partial charge in [-0.1, -0.05) is 66.6 Å². The monoisotopic (exact) mass is 490 g/mol. The van der Waals surface area contributed by atoms with Crippen LogP contribution in [-0.4, -0.2) is 52.8 Å². The number of Topliss-reactive ketones (excluding diaryl/α,β-unsaturated/α-hetero) is 1. The van der Waals surface area contributed by atoms with Crippen LogP contribution in [0, 0.1) is 0 Å². The highest BCUT2D eigenvalue weighted by Crippen LogP contribution is 2.28. The summed E-state index contributed by atoms with van der Waals surface area (Å²) in [6, 6.07) is 7.69. The molecule has 0 saturated heterocycles. The van der Waals surface area contributed by atoms with Crippen LogP contribution in [0.25, 0.3) is 0 Å². The Kier molecular flexibility index (Phi) is 10.1. The van der Waals surface area contributed by atoms with E-state index in [1.165, 1.54) is 49.3 Å². The van der Waals surface area contributed by atoms with E-state index in [0.717, 1.165) is 36.4 Å². The molecule has 1 amide bonds. The molecule has 0 spiro atoms. The van der Waals surface area contributed by atoms with Gasteiger partial charge in [0.15, 0.2) is 16.7 Å². The molecule has 2 aromatic rings. The maximum atomic E-state index is 12.3. The van der Waals surface area contributed by atoms with Gasteiger partial charge in [-0.25, -0.2) is 0 Å². The van der Waals surface area contributed by atoms with Crippen LogP contribution in [0.5, 0.6) is 0 Å². The number of hydrogen-bond donors (Lipinski definition) is 2. The van der Waals surface area contributed by atoms with Crippen LogP contribution in [-0.2, 0) is 20.7 Å². The molecule has 0 aliphatic heterocycles. The van der Waals surface area contributed by atoms with Gasteiger partial charge in [0.05, 0.1) is 5.75 Å². The van der Waals surface area contributed by atoms with Gasteiger partial charge in [-0.15, -0.1) is 10.2 Å². The number of esters is 1. The van der Waals surface area contributed by atoms with Crippen molar-refractivity contribution < 1.29 is 19.1 Å². The smallest absolute Gasteiger partial charge is 0.316 e. The van der Waals surface area contributed by atoms with Crippen molar-refractivity contribution in [1.82, 2.24) is 15.5 Å². The Labute approximate surface area is 202 Å². The van der Waals surface area contributed by atoms with Crippen LogP contribution < -0.4 is 10.6 Å². The molecule has 1 heterocycles. The number of carbonyl (C=O) groups is 3. The van der Waals surface area contributed by atoms with E-state index < -0.39 is 5.97 Å². The normalized spacial score (nSPS) is 14.0. The lowest BCUT2D eigenvalue weighted by molar-refractivity contribution is -0.139. The number of ether oxygens (including phenoxy) is 1. The summed E-state index contributed by atoms with van der Waals surface area (Å²) in [6.45, 7) is 1.83. The fourth-order valence-electron chi connectivity index (χ4n) is 3.55. The molecule has 2 N–H and O–H groups in total. The van der Waals surface area contributed by atoms with E-state index in [2.05, 4.69) is 20.8 Å². The molecule has 178 valence electrons. The number of thioether (sulfide) groups is 1. The van der Waals surface area contributed by atoms with Crippen molar-refractivity contribution in [3.63, 3.8) is 0 Å². The lowest BCUT2D eigenvalue weighted by atomic mass is 9.96. The molecule has 0 unspecified atom stereocenters. The fraction of sp³-hybridized carbons (Fsp3) is 0.522. The van der Waals surface area contributed by atoms with Gasteiger partial charge in [-0.2, -0.15) is 0 Å². The Hall–Kier alpha value is -2.46. The zero-order valence-corrected chi connectivity index (χ0v) is 20.4. The number of hydrogen-bond acceptors (Lipinski definition) is 9. The average molecular weight is 491 g/mol. The van der Waals surface area contributed by atoms with Crippen LogP contribution in [0.1, 0.15) is 61.4 Å². The second-order valence-corrected chi connectivity index (χ2v) is 10.2. The van der Waals surface area contributed by atoms with Gasteiger partial charge in [-0.3, -0.25) is 14.4 Å². The fourth-order valence-corrected chi connectivity index (χ4v) is 5.18. The van der Waals surface area contributed by atoms with Gasteiger partial charge < -0.3 is 15.4 Å². The first-order valence-electron chi connectivity index (χ1n) is 11.2. The van der Waals surface area contributed by atoms with Gasteiger partial charge >= 0.3 is 5.97 Å². The summed E-state index contributed by atoms with van der Waals surface area (Å²) >= 11 is 2.70. The molecule has 1 aliphatic rings. The first-order valence-corrected chi connectivity index (χ1v) is 13.0. The van der Waals surface area contributed by atoms with Crippen molar-refractivity contribution in [2.45, 2.75) is 62.3 Å². The minimum absolute atomic E-state index is 0.0383.